The maximum atomic E-state index is 12.8. The van der Waals surface area contributed by atoms with Crippen molar-refractivity contribution in [3.05, 3.63) is 0 Å². The van der Waals surface area contributed by atoms with Gasteiger partial charge in [0.1, 0.15) is 0 Å². The van der Waals surface area contributed by atoms with Gasteiger partial charge in [0, 0.05) is 43.1 Å². The summed E-state index contributed by atoms with van der Waals surface area (Å²) in [6.07, 6.45) is 1.87. The average Bonchev–Trinajstić information content (AvgIpc) is 2.88. The molecular formula is C19H33N3O3. The van der Waals surface area contributed by atoms with Crippen molar-refractivity contribution in [1.29, 1.82) is 0 Å². The molecule has 2 rings (SSSR count). The first-order valence-corrected chi connectivity index (χ1v) is 9.30. The van der Waals surface area contributed by atoms with Crippen LogP contribution in [0.1, 0.15) is 60.8 Å². The standard InChI is InChI=1S/C19H33N3O3/c1-18(2,3)17(25)20-14-7-9-21(10-8-14)16(24)13-11-15(23)22(12-13)19(4,5)6/h13-14H,7-12H2,1-6H3,(H,20,25). The van der Waals surface area contributed by atoms with Crippen LogP contribution in [0, 0.1) is 11.3 Å². The third-order valence-corrected chi connectivity index (χ3v) is 5.11. The van der Waals surface area contributed by atoms with Crippen molar-refractivity contribution < 1.29 is 14.4 Å². The van der Waals surface area contributed by atoms with Crippen LogP contribution in [0.2, 0.25) is 0 Å². The number of hydrogen-bond acceptors (Lipinski definition) is 3. The van der Waals surface area contributed by atoms with Crippen molar-refractivity contribution in [2.75, 3.05) is 19.6 Å². The summed E-state index contributed by atoms with van der Waals surface area (Å²) in [7, 11) is 0. The Morgan fingerprint density at radius 3 is 2.04 bits per heavy atom. The van der Waals surface area contributed by atoms with Crippen molar-refractivity contribution in [2.24, 2.45) is 11.3 Å². The molecule has 0 aromatic heterocycles. The van der Waals surface area contributed by atoms with Crippen LogP contribution in [0.5, 0.6) is 0 Å². The van der Waals surface area contributed by atoms with Crippen molar-refractivity contribution >= 4 is 17.7 Å². The lowest BCUT2D eigenvalue weighted by Crippen LogP contribution is -2.50. The van der Waals surface area contributed by atoms with Gasteiger partial charge in [0.15, 0.2) is 0 Å². The van der Waals surface area contributed by atoms with E-state index in [9.17, 15) is 14.4 Å². The van der Waals surface area contributed by atoms with Crippen LogP contribution in [-0.4, -0.2) is 58.7 Å². The third kappa shape index (κ3) is 4.73. The Bertz CT molecular complexity index is 537. The summed E-state index contributed by atoms with van der Waals surface area (Å²) < 4.78 is 0. The normalized spacial score (nSPS) is 23.1. The summed E-state index contributed by atoms with van der Waals surface area (Å²) in [6.45, 7) is 13.5. The molecule has 0 aromatic carbocycles. The molecule has 142 valence electrons. The van der Waals surface area contributed by atoms with Gasteiger partial charge in [0.2, 0.25) is 17.7 Å². The van der Waals surface area contributed by atoms with Crippen LogP contribution in [0.3, 0.4) is 0 Å². The maximum Gasteiger partial charge on any atom is 0.227 e. The molecule has 6 nitrogen and oxygen atoms in total. The maximum absolute atomic E-state index is 12.8. The Hall–Kier alpha value is -1.59. The summed E-state index contributed by atoms with van der Waals surface area (Å²) >= 11 is 0. The highest BCUT2D eigenvalue weighted by Gasteiger charge is 2.41. The number of amides is 3. The second-order valence-corrected chi connectivity index (χ2v) is 9.40. The largest absolute Gasteiger partial charge is 0.353 e. The van der Waals surface area contributed by atoms with Gasteiger partial charge in [-0.15, -0.1) is 0 Å². The lowest BCUT2D eigenvalue weighted by molar-refractivity contribution is -0.137. The SMILES string of the molecule is CC(C)(C)C(=O)NC1CCN(C(=O)C2CC(=O)N(C(C)(C)C)C2)CC1. The summed E-state index contributed by atoms with van der Waals surface area (Å²) in [5.74, 6) is -0.0224. The quantitative estimate of drug-likeness (QED) is 0.824. The number of hydrogen-bond donors (Lipinski definition) is 1. The van der Waals surface area contributed by atoms with Crippen molar-refractivity contribution in [3.63, 3.8) is 0 Å². The van der Waals surface area contributed by atoms with Gasteiger partial charge in [-0.3, -0.25) is 14.4 Å². The highest BCUT2D eigenvalue weighted by Crippen LogP contribution is 2.28. The molecule has 2 heterocycles. The second kappa shape index (κ2) is 6.96. The fourth-order valence-electron chi connectivity index (χ4n) is 3.43. The monoisotopic (exact) mass is 351 g/mol. The Balaban J connectivity index is 1.86. The van der Waals surface area contributed by atoms with Crippen molar-refractivity contribution in [3.8, 4) is 0 Å². The van der Waals surface area contributed by atoms with Crippen molar-refractivity contribution in [2.45, 2.75) is 72.4 Å². The van der Waals surface area contributed by atoms with Crippen LogP contribution in [0.25, 0.3) is 0 Å². The van der Waals surface area contributed by atoms with Crippen LogP contribution in [0.15, 0.2) is 0 Å². The minimum atomic E-state index is -0.395. The molecule has 2 fully saturated rings. The number of carbonyl (C=O) groups is 3. The Morgan fingerprint density at radius 1 is 1.04 bits per heavy atom. The number of carbonyl (C=O) groups excluding carboxylic acids is 3. The van der Waals surface area contributed by atoms with E-state index in [-0.39, 0.29) is 35.2 Å². The molecule has 1 atom stereocenters. The fourth-order valence-corrected chi connectivity index (χ4v) is 3.43. The Labute approximate surface area is 151 Å². The molecule has 2 aliphatic rings. The molecule has 2 saturated heterocycles. The minimum Gasteiger partial charge on any atom is -0.353 e. The highest BCUT2D eigenvalue weighted by atomic mass is 16.2. The lowest BCUT2D eigenvalue weighted by Gasteiger charge is -2.35. The third-order valence-electron chi connectivity index (χ3n) is 5.11. The van der Waals surface area contributed by atoms with Gasteiger partial charge in [0.05, 0.1) is 5.92 Å². The number of nitrogens with one attached hydrogen (secondary N) is 1. The molecule has 1 unspecified atom stereocenters. The zero-order valence-electron chi connectivity index (χ0n) is 16.5. The number of likely N-dealkylation sites (tertiary alicyclic amines) is 2. The van der Waals surface area contributed by atoms with Crippen LogP contribution in [0.4, 0.5) is 0 Å². The van der Waals surface area contributed by atoms with E-state index in [1.165, 1.54) is 0 Å². The molecule has 0 bridgehead atoms. The zero-order valence-corrected chi connectivity index (χ0v) is 16.5. The molecule has 1 N–H and O–H groups in total. The van der Waals surface area contributed by atoms with Crippen LogP contribution < -0.4 is 5.32 Å². The van der Waals surface area contributed by atoms with E-state index in [2.05, 4.69) is 5.32 Å². The first-order chi connectivity index (χ1) is 11.4. The number of piperidine rings is 1. The lowest BCUT2D eigenvalue weighted by atomic mass is 9.94. The summed E-state index contributed by atoms with van der Waals surface area (Å²) in [5.41, 5.74) is -0.635. The van der Waals surface area contributed by atoms with Gasteiger partial charge in [-0.05, 0) is 33.6 Å². The molecular weight excluding hydrogens is 318 g/mol. The van der Waals surface area contributed by atoms with E-state index in [1.807, 2.05) is 51.3 Å². The molecule has 2 aliphatic heterocycles. The summed E-state index contributed by atoms with van der Waals surface area (Å²) in [4.78, 5) is 40.7. The molecule has 0 spiro atoms. The fraction of sp³-hybridized carbons (Fsp3) is 0.842. The van der Waals surface area contributed by atoms with E-state index in [1.54, 1.807) is 0 Å². The van der Waals surface area contributed by atoms with E-state index < -0.39 is 5.41 Å². The molecule has 0 radical (unpaired) electrons. The van der Waals surface area contributed by atoms with Gasteiger partial charge in [-0.1, -0.05) is 20.8 Å². The van der Waals surface area contributed by atoms with E-state index in [4.69, 9.17) is 0 Å². The van der Waals surface area contributed by atoms with E-state index in [0.717, 1.165) is 12.8 Å². The predicted octanol–water partition coefficient (Wildman–Crippen LogP) is 1.79. The molecule has 0 saturated carbocycles. The van der Waals surface area contributed by atoms with Crippen LogP contribution >= 0.6 is 0 Å². The summed E-state index contributed by atoms with van der Waals surface area (Å²) in [6, 6.07) is 0.132. The number of rotatable bonds is 2. The molecule has 3 amide bonds. The second-order valence-electron chi connectivity index (χ2n) is 9.40. The van der Waals surface area contributed by atoms with Gasteiger partial charge < -0.3 is 15.1 Å². The van der Waals surface area contributed by atoms with Gasteiger partial charge in [-0.2, -0.15) is 0 Å². The predicted molar refractivity (Wildman–Crippen MR) is 96.8 cm³/mol. The number of nitrogens with zero attached hydrogens (tertiary/aromatic N) is 2. The summed E-state index contributed by atoms with van der Waals surface area (Å²) in [5, 5.41) is 3.08. The van der Waals surface area contributed by atoms with Crippen LogP contribution in [-0.2, 0) is 14.4 Å². The zero-order chi connectivity index (χ0) is 19.0. The first-order valence-electron chi connectivity index (χ1n) is 9.30. The Kier molecular flexibility index (Phi) is 5.50. The highest BCUT2D eigenvalue weighted by molar-refractivity contribution is 5.89. The first kappa shape index (κ1) is 19.7. The van der Waals surface area contributed by atoms with Gasteiger partial charge in [-0.25, -0.2) is 0 Å². The Morgan fingerprint density at radius 2 is 1.60 bits per heavy atom. The molecule has 6 heteroatoms. The molecule has 25 heavy (non-hydrogen) atoms. The molecule has 0 aliphatic carbocycles. The van der Waals surface area contributed by atoms with Gasteiger partial charge >= 0.3 is 0 Å². The average molecular weight is 351 g/mol. The van der Waals surface area contributed by atoms with E-state index >= 15 is 0 Å². The topological polar surface area (TPSA) is 69.7 Å². The van der Waals surface area contributed by atoms with Gasteiger partial charge in [0.25, 0.3) is 0 Å². The smallest absolute Gasteiger partial charge is 0.227 e. The minimum absolute atomic E-state index is 0.0551. The van der Waals surface area contributed by atoms with Crippen molar-refractivity contribution in [1.82, 2.24) is 15.1 Å². The van der Waals surface area contributed by atoms with E-state index in [0.29, 0.717) is 26.1 Å². The molecule has 0 aromatic rings.